The van der Waals surface area contributed by atoms with Crippen molar-refractivity contribution in [1.82, 2.24) is 4.31 Å². The van der Waals surface area contributed by atoms with E-state index in [9.17, 15) is 13.5 Å². The quantitative estimate of drug-likeness (QED) is 0.444. The van der Waals surface area contributed by atoms with Gasteiger partial charge in [0, 0.05) is 11.0 Å². The van der Waals surface area contributed by atoms with Crippen molar-refractivity contribution in [2.75, 3.05) is 30.5 Å². The lowest BCUT2D eigenvalue weighted by atomic mass is 10.3. The number of rotatable bonds is 4. The van der Waals surface area contributed by atoms with Crippen LogP contribution in [0.4, 0.5) is 11.4 Å². The molecule has 0 radical (unpaired) electrons. The number of halogens is 2. The summed E-state index contributed by atoms with van der Waals surface area (Å²) >= 11 is 14.7. The van der Waals surface area contributed by atoms with Crippen LogP contribution in [0.15, 0.2) is 45.8 Å². The van der Waals surface area contributed by atoms with Crippen molar-refractivity contribution in [2.24, 2.45) is 0 Å². The number of aromatic hydroxyl groups is 1. The molecule has 0 amide bonds. The molecular formula is C16H15BrClN3O4S2. The molecule has 0 aromatic heterocycles. The van der Waals surface area contributed by atoms with Crippen molar-refractivity contribution < 1.29 is 18.3 Å². The molecule has 0 bridgehead atoms. The van der Waals surface area contributed by atoms with Gasteiger partial charge < -0.3 is 20.5 Å². The number of phenols is 1. The Balaban J connectivity index is 1.87. The summed E-state index contributed by atoms with van der Waals surface area (Å²) in [5.74, 6) is -0.509. The largest absolute Gasteiger partial charge is 0.504 e. The van der Waals surface area contributed by atoms with Gasteiger partial charge in [0.05, 0.1) is 23.0 Å². The van der Waals surface area contributed by atoms with Gasteiger partial charge in [0.25, 0.3) is 0 Å². The number of benzene rings is 2. The number of ether oxygens (including phenoxy) is 1. The van der Waals surface area contributed by atoms with Crippen molar-refractivity contribution in [3.05, 3.63) is 45.9 Å². The van der Waals surface area contributed by atoms with Crippen LogP contribution in [0.3, 0.4) is 0 Å². The van der Waals surface area contributed by atoms with Gasteiger partial charge in [-0.05, 0) is 52.4 Å². The molecule has 11 heteroatoms. The fourth-order valence-corrected chi connectivity index (χ4v) is 4.95. The summed E-state index contributed by atoms with van der Waals surface area (Å²) in [6.07, 6.45) is 0. The van der Waals surface area contributed by atoms with Crippen LogP contribution in [0.1, 0.15) is 0 Å². The Labute approximate surface area is 175 Å². The summed E-state index contributed by atoms with van der Waals surface area (Å²) in [4.78, 5) is -0.386. The van der Waals surface area contributed by atoms with Crippen molar-refractivity contribution in [1.29, 1.82) is 0 Å². The summed E-state index contributed by atoms with van der Waals surface area (Å²) in [6, 6.07) is 10.2. The summed E-state index contributed by atoms with van der Waals surface area (Å²) in [5, 5.41) is 16.4. The highest BCUT2D eigenvalue weighted by Crippen LogP contribution is 2.39. The number of thiocarbonyl (C=S) groups is 1. The van der Waals surface area contributed by atoms with Crippen molar-refractivity contribution >= 4 is 66.3 Å². The summed E-state index contributed by atoms with van der Waals surface area (Å²) in [6.45, 7) is 0.394. The summed E-state index contributed by atoms with van der Waals surface area (Å²) in [5.41, 5.74) is 0.827. The Morgan fingerprint density at radius 2 is 1.93 bits per heavy atom. The third-order valence-electron chi connectivity index (χ3n) is 3.77. The normalized spacial score (nSPS) is 14.9. The second-order valence-corrected chi connectivity index (χ2v) is 9.09. The van der Waals surface area contributed by atoms with Crippen LogP contribution >= 0.6 is 39.7 Å². The molecule has 2 aromatic rings. The highest BCUT2D eigenvalue weighted by Gasteiger charge is 2.33. The molecule has 1 aliphatic heterocycles. The summed E-state index contributed by atoms with van der Waals surface area (Å²) in [7, 11) is -4.01. The zero-order chi connectivity index (χ0) is 19.6. The predicted octanol–water partition coefficient (Wildman–Crippen LogP) is 3.60. The van der Waals surface area contributed by atoms with Crippen LogP contribution in [-0.4, -0.2) is 42.8 Å². The molecule has 1 fully saturated rings. The number of para-hydroxylation sites is 1. The molecule has 1 saturated heterocycles. The monoisotopic (exact) mass is 491 g/mol. The fraction of sp³-hybridized carbons (Fsp3) is 0.188. The van der Waals surface area contributed by atoms with Gasteiger partial charge in [0.1, 0.15) is 11.6 Å². The molecule has 0 atom stereocenters. The highest BCUT2D eigenvalue weighted by atomic mass is 79.9. The zero-order valence-corrected chi connectivity index (χ0v) is 17.8. The lowest BCUT2D eigenvalue weighted by molar-refractivity contribution is 0.172. The van der Waals surface area contributed by atoms with E-state index in [1.807, 2.05) is 24.3 Å². The highest BCUT2D eigenvalue weighted by molar-refractivity contribution is 9.10. The Morgan fingerprint density at radius 1 is 1.22 bits per heavy atom. The number of anilines is 2. The average Bonchev–Trinajstić information content (AvgIpc) is 3.15. The molecule has 27 heavy (non-hydrogen) atoms. The van der Waals surface area contributed by atoms with Gasteiger partial charge in [-0.25, -0.2) is 8.42 Å². The minimum atomic E-state index is -4.01. The fourth-order valence-electron chi connectivity index (χ4n) is 2.45. The first-order valence-corrected chi connectivity index (χ1v) is 10.7. The van der Waals surface area contributed by atoms with Gasteiger partial charge in [-0.1, -0.05) is 23.7 Å². The minimum Gasteiger partial charge on any atom is -0.504 e. The Kier molecular flexibility index (Phi) is 6.24. The number of sulfonamides is 1. The standard InChI is InChI=1S/C16H15BrClN3O4S2/c17-10-3-1-2-4-12(10)19-16(26)20-13-6-5-11(18)15(14(13)22)27(23,24)21-7-8-25-9-21/h1-6,22H,7-9H2,(H2,19,20,26). The second-order valence-electron chi connectivity index (χ2n) is 5.55. The molecule has 0 unspecified atom stereocenters. The Morgan fingerprint density at radius 3 is 2.59 bits per heavy atom. The first-order chi connectivity index (χ1) is 12.8. The first-order valence-electron chi connectivity index (χ1n) is 7.72. The van der Waals surface area contributed by atoms with Gasteiger partial charge >= 0.3 is 0 Å². The number of hydrogen-bond donors (Lipinski definition) is 3. The third-order valence-corrected chi connectivity index (χ3v) is 6.99. The van der Waals surface area contributed by atoms with Crippen LogP contribution in [0.25, 0.3) is 0 Å². The average molecular weight is 493 g/mol. The molecular weight excluding hydrogens is 478 g/mol. The van der Waals surface area contributed by atoms with Gasteiger partial charge in [-0.15, -0.1) is 0 Å². The first kappa shape index (κ1) is 20.3. The van der Waals surface area contributed by atoms with Crippen molar-refractivity contribution in [3.63, 3.8) is 0 Å². The van der Waals surface area contributed by atoms with Crippen LogP contribution in [0.5, 0.6) is 5.75 Å². The number of nitrogens with zero attached hydrogens (tertiary/aromatic N) is 1. The molecule has 7 nitrogen and oxygen atoms in total. The van der Waals surface area contributed by atoms with E-state index < -0.39 is 15.8 Å². The van der Waals surface area contributed by atoms with Crippen LogP contribution in [0, 0.1) is 0 Å². The van der Waals surface area contributed by atoms with Crippen molar-refractivity contribution in [3.8, 4) is 5.75 Å². The molecule has 0 spiro atoms. The maximum absolute atomic E-state index is 12.8. The smallest absolute Gasteiger partial charge is 0.250 e. The number of nitrogens with one attached hydrogen (secondary N) is 2. The van der Waals surface area contributed by atoms with Gasteiger partial charge in [-0.2, -0.15) is 4.31 Å². The Hall–Kier alpha value is -1.43. The van der Waals surface area contributed by atoms with E-state index in [1.54, 1.807) is 0 Å². The van der Waals surface area contributed by atoms with Gasteiger partial charge in [0.2, 0.25) is 10.0 Å². The molecule has 2 aromatic carbocycles. The zero-order valence-electron chi connectivity index (χ0n) is 13.8. The summed E-state index contributed by atoms with van der Waals surface area (Å²) < 4.78 is 32.5. The van der Waals surface area contributed by atoms with E-state index in [0.29, 0.717) is 5.69 Å². The van der Waals surface area contributed by atoms with E-state index in [-0.39, 0.29) is 40.6 Å². The topological polar surface area (TPSA) is 90.9 Å². The van der Waals surface area contributed by atoms with E-state index in [1.165, 1.54) is 12.1 Å². The van der Waals surface area contributed by atoms with E-state index in [2.05, 4.69) is 26.6 Å². The molecule has 0 saturated carbocycles. The Bertz CT molecular complexity index is 982. The second kappa shape index (κ2) is 8.29. The van der Waals surface area contributed by atoms with Gasteiger partial charge in [-0.3, -0.25) is 0 Å². The van der Waals surface area contributed by atoms with Crippen molar-refractivity contribution in [2.45, 2.75) is 4.90 Å². The third kappa shape index (κ3) is 4.36. The molecule has 3 N–H and O–H groups in total. The molecule has 3 rings (SSSR count). The maximum atomic E-state index is 12.8. The predicted molar refractivity (Wildman–Crippen MR) is 112 cm³/mol. The molecule has 1 heterocycles. The number of hydrogen-bond acceptors (Lipinski definition) is 5. The molecule has 144 valence electrons. The van der Waals surface area contributed by atoms with E-state index in [4.69, 9.17) is 28.6 Å². The van der Waals surface area contributed by atoms with E-state index in [0.717, 1.165) is 8.78 Å². The van der Waals surface area contributed by atoms with E-state index >= 15 is 0 Å². The number of phenolic OH excluding ortho intramolecular Hbond substituents is 1. The SMILES string of the molecule is O=S(=O)(c1c(Cl)ccc(NC(=S)Nc2ccccc2Br)c1O)N1CCOC1. The van der Waals surface area contributed by atoms with Crippen LogP contribution in [-0.2, 0) is 14.8 Å². The van der Waals surface area contributed by atoms with Crippen LogP contribution in [0.2, 0.25) is 5.02 Å². The molecule has 0 aliphatic carbocycles. The van der Waals surface area contributed by atoms with Crippen LogP contribution < -0.4 is 10.6 Å². The lowest BCUT2D eigenvalue weighted by Crippen LogP contribution is -2.29. The lowest BCUT2D eigenvalue weighted by Gasteiger charge is -2.19. The van der Waals surface area contributed by atoms with Gasteiger partial charge in [0.15, 0.2) is 10.9 Å². The minimum absolute atomic E-state index is 0.0856. The molecule has 1 aliphatic rings. The maximum Gasteiger partial charge on any atom is 0.250 e.